The predicted octanol–water partition coefficient (Wildman–Crippen LogP) is 3.94. The van der Waals surface area contributed by atoms with Gasteiger partial charge < -0.3 is 0 Å². The third-order valence-electron chi connectivity index (χ3n) is 3.43. The van der Waals surface area contributed by atoms with Crippen molar-refractivity contribution in [3.8, 4) is 0 Å². The van der Waals surface area contributed by atoms with Crippen LogP contribution in [0.2, 0.25) is 5.02 Å². The fourth-order valence-electron chi connectivity index (χ4n) is 2.25. The molecule has 0 spiro atoms. The number of anilines is 1. The van der Waals surface area contributed by atoms with Crippen LogP contribution in [0.5, 0.6) is 0 Å². The largest absolute Gasteiger partial charge is 0.289 e. The highest BCUT2D eigenvalue weighted by Crippen LogP contribution is 2.33. The van der Waals surface area contributed by atoms with Crippen molar-refractivity contribution in [1.82, 2.24) is 0 Å². The number of hydrogen-bond acceptors (Lipinski definition) is 4. The number of hydrogen-bond donors (Lipinski definition) is 0. The van der Waals surface area contributed by atoms with Crippen LogP contribution in [-0.2, 0) is 10.0 Å². The van der Waals surface area contributed by atoms with Crippen LogP contribution in [0, 0.1) is 17.0 Å². The monoisotopic (exact) mass is 366 g/mol. The van der Waals surface area contributed by atoms with E-state index in [1.165, 1.54) is 24.3 Å². The van der Waals surface area contributed by atoms with Gasteiger partial charge in [0.25, 0.3) is 15.7 Å². The average Bonchev–Trinajstić information content (AvgIpc) is 2.55. The number of rotatable bonds is 6. The fourth-order valence-corrected chi connectivity index (χ4v) is 4.08. The van der Waals surface area contributed by atoms with Gasteiger partial charge in [0.1, 0.15) is 0 Å². The molecule has 0 N–H and O–H groups in total. The Morgan fingerprint density at radius 2 is 1.92 bits per heavy atom. The molecule has 0 aliphatic rings. The summed E-state index contributed by atoms with van der Waals surface area (Å²) in [7, 11) is -4.17. The van der Waals surface area contributed by atoms with Gasteiger partial charge in [-0.3, -0.25) is 14.4 Å². The van der Waals surface area contributed by atoms with Gasteiger partial charge in [-0.2, -0.15) is 0 Å². The maximum absolute atomic E-state index is 13.0. The molecule has 24 heavy (non-hydrogen) atoms. The van der Waals surface area contributed by atoms with Crippen molar-refractivity contribution in [3.05, 3.63) is 75.8 Å². The number of halogens is 1. The predicted molar refractivity (Wildman–Crippen MR) is 94.0 cm³/mol. The molecule has 0 unspecified atom stereocenters. The average molecular weight is 367 g/mol. The van der Waals surface area contributed by atoms with Gasteiger partial charge in [0.05, 0.1) is 17.2 Å². The molecule has 6 nitrogen and oxygen atoms in total. The highest BCUT2D eigenvalue weighted by Gasteiger charge is 2.32. The summed E-state index contributed by atoms with van der Waals surface area (Å²) in [6.07, 6.45) is 1.41. The topological polar surface area (TPSA) is 80.5 Å². The van der Waals surface area contributed by atoms with Gasteiger partial charge in [-0.15, -0.1) is 6.58 Å². The summed E-state index contributed by atoms with van der Waals surface area (Å²) in [6.45, 7) is 5.21. The van der Waals surface area contributed by atoms with E-state index in [1.54, 1.807) is 25.1 Å². The van der Waals surface area contributed by atoms with Crippen LogP contribution in [0.1, 0.15) is 5.56 Å². The minimum absolute atomic E-state index is 0.0461. The van der Waals surface area contributed by atoms with Crippen molar-refractivity contribution >= 4 is 33.0 Å². The molecule has 8 heteroatoms. The van der Waals surface area contributed by atoms with Gasteiger partial charge in [0, 0.05) is 11.1 Å². The quantitative estimate of drug-likeness (QED) is 0.440. The van der Waals surface area contributed by atoms with Crippen molar-refractivity contribution in [1.29, 1.82) is 0 Å². The molecule has 0 heterocycles. The van der Waals surface area contributed by atoms with Crippen LogP contribution in [0.25, 0.3) is 0 Å². The lowest BCUT2D eigenvalue weighted by Crippen LogP contribution is -2.32. The van der Waals surface area contributed by atoms with Crippen molar-refractivity contribution < 1.29 is 13.3 Å². The molecular formula is C16H15ClN2O4S. The van der Waals surface area contributed by atoms with Crippen LogP contribution in [0.15, 0.2) is 60.0 Å². The molecule has 0 aliphatic carbocycles. The van der Waals surface area contributed by atoms with E-state index in [-0.39, 0.29) is 11.4 Å². The molecule has 2 aromatic rings. The van der Waals surface area contributed by atoms with Crippen molar-refractivity contribution in [3.63, 3.8) is 0 Å². The van der Waals surface area contributed by atoms with Gasteiger partial charge in [-0.1, -0.05) is 35.9 Å². The fraction of sp³-hybridized carbons (Fsp3) is 0.125. The first-order chi connectivity index (χ1) is 11.3. The minimum Gasteiger partial charge on any atom is -0.262 e. The van der Waals surface area contributed by atoms with Crippen LogP contribution in [-0.4, -0.2) is 19.9 Å². The number of para-hydroxylation sites is 1. The van der Waals surface area contributed by atoms with Crippen molar-refractivity contribution in [2.45, 2.75) is 11.8 Å². The van der Waals surface area contributed by atoms with Crippen molar-refractivity contribution in [2.24, 2.45) is 0 Å². The maximum atomic E-state index is 13.0. The number of nitrogens with zero attached hydrogens (tertiary/aromatic N) is 2. The van der Waals surface area contributed by atoms with Crippen LogP contribution < -0.4 is 4.31 Å². The minimum atomic E-state index is -4.17. The maximum Gasteiger partial charge on any atom is 0.289 e. The zero-order chi connectivity index (χ0) is 17.9. The molecule has 0 radical (unpaired) electrons. The number of nitro benzene ring substituents is 1. The number of benzene rings is 2. The van der Waals surface area contributed by atoms with Gasteiger partial charge >= 0.3 is 0 Å². The lowest BCUT2D eigenvalue weighted by molar-refractivity contribution is -0.387. The van der Waals surface area contributed by atoms with Crippen LogP contribution in [0.4, 0.5) is 11.4 Å². The molecular weight excluding hydrogens is 352 g/mol. The summed E-state index contributed by atoms with van der Waals surface area (Å²) >= 11 is 6.08. The Morgan fingerprint density at radius 1 is 1.25 bits per heavy atom. The second-order valence-electron chi connectivity index (χ2n) is 4.93. The summed E-state index contributed by atoms with van der Waals surface area (Å²) in [6, 6.07) is 10.1. The summed E-state index contributed by atoms with van der Waals surface area (Å²) in [4.78, 5) is 10.1. The van der Waals surface area contributed by atoms with Crippen LogP contribution >= 0.6 is 11.6 Å². The molecule has 0 amide bonds. The van der Waals surface area contributed by atoms with Gasteiger partial charge in [0.2, 0.25) is 0 Å². The summed E-state index contributed by atoms with van der Waals surface area (Å²) < 4.78 is 27.1. The van der Waals surface area contributed by atoms with Gasteiger partial charge in [-0.05, 0) is 30.7 Å². The van der Waals surface area contributed by atoms with E-state index in [2.05, 4.69) is 6.58 Å². The Balaban J connectivity index is 2.69. The number of nitro groups is 1. The molecule has 2 aromatic carbocycles. The van der Waals surface area contributed by atoms with E-state index in [0.29, 0.717) is 16.3 Å². The van der Waals surface area contributed by atoms with E-state index in [0.717, 1.165) is 10.4 Å². The third-order valence-corrected chi connectivity index (χ3v) is 5.67. The van der Waals surface area contributed by atoms with Crippen molar-refractivity contribution in [2.75, 3.05) is 10.8 Å². The molecule has 0 fully saturated rings. The second-order valence-corrected chi connectivity index (χ2v) is 7.17. The van der Waals surface area contributed by atoms with Gasteiger partial charge in [0.15, 0.2) is 4.90 Å². The Bertz CT molecular complexity index is 897. The second kappa shape index (κ2) is 7.02. The molecule has 126 valence electrons. The van der Waals surface area contributed by atoms with E-state index >= 15 is 0 Å². The molecule has 0 saturated heterocycles. The number of sulfonamides is 1. The summed E-state index contributed by atoms with van der Waals surface area (Å²) in [5.41, 5.74) is 0.426. The van der Waals surface area contributed by atoms with Crippen LogP contribution in [0.3, 0.4) is 0 Å². The Morgan fingerprint density at radius 3 is 2.54 bits per heavy atom. The SMILES string of the molecule is C=CCN(c1cccc(Cl)c1C)S(=O)(=O)c1ccccc1[N+](=O)[O-]. The molecule has 0 aliphatic heterocycles. The zero-order valence-electron chi connectivity index (χ0n) is 12.8. The molecule has 0 atom stereocenters. The molecule has 0 bridgehead atoms. The lowest BCUT2D eigenvalue weighted by atomic mass is 10.2. The summed E-state index contributed by atoms with van der Waals surface area (Å²) in [5, 5.41) is 11.6. The Labute approximate surface area is 145 Å². The third kappa shape index (κ3) is 3.27. The lowest BCUT2D eigenvalue weighted by Gasteiger charge is -2.25. The smallest absolute Gasteiger partial charge is 0.262 e. The van der Waals surface area contributed by atoms with E-state index in [9.17, 15) is 18.5 Å². The molecule has 0 saturated carbocycles. The molecule has 2 rings (SSSR count). The van der Waals surface area contributed by atoms with Gasteiger partial charge in [-0.25, -0.2) is 8.42 Å². The summed E-state index contributed by atoms with van der Waals surface area (Å²) in [5.74, 6) is 0. The highest BCUT2D eigenvalue weighted by atomic mass is 35.5. The molecule has 0 aromatic heterocycles. The zero-order valence-corrected chi connectivity index (χ0v) is 14.4. The first-order valence-corrected chi connectivity index (χ1v) is 8.74. The van der Waals surface area contributed by atoms with E-state index in [4.69, 9.17) is 11.6 Å². The standard InChI is InChI=1S/C16H15ClN2O4S/c1-3-11-18(14-9-6-7-13(17)12(14)2)24(22,23)16-10-5-4-8-15(16)19(20)21/h3-10H,1,11H2,2H3. The van der Waals surface area contributed by atoms with E-state index < -0.39 is 20.6 Å². The Hall–Kier alpha value is -2.38. The highest BCUT2D eigenvalue weighted by molar-refractivity contribution is 7.93. The van der Waals surface area contributed by atoms with E-state index in [1.807, 2.05) is 0 Å². The first kappa shape index (κ1) is 18.0. The Kier molecular flexibility index (Phi) is 5.26. The first-order valence-electron chi connectivity index (χ1n) is 6.93. The normalized spacial score (nSPS) is 11.1.